The molecule has 2 aliphatic rings. The third-order valence-electron chi connectivity index (χ3n) is 4.45. The summed E-state index contributed by atoms with van der Waals surface area (Å²) in [5.74, 6) is -1.16. The van der Waals surface area contributed by atoms with Gasteiger partial charge in [0.2, 0.25) is 5.91 Å². The van der Waals surface area contributed by atoms with E-state index in [0.29, 0.717) is 38.2 Å². The molecule has 1 N–H and O–H groups in total. The molecule has 0 saturated carbocycles. The minimum absolute atomic E-state index is 0.0257. The number of piperidine rings is 1. The van der Waals surface area contributed by atoms with Gasteiger partial charge in [-0.15, -0.1) is 0 Å². The fourth-order valence-corrected chi connectivity index (χ4v) is 3.19. The Labute approximate surface area is 122 Å². The molecule has 2 fully saturated rings. The summed E-state index contributed by atoms with van der Waals surface area (Å²) in [4.78, 5) is 26.6. The third kappa shape index (κ3) is 2.51. The number of carbonyl (C=O) groups is 2. The lowest BCUT2D eigenvalue weighted by atomic mass is 9.71. The summed E-state index contributed by atoms with van der Waals surface area (Å²) in [5.41, 5.74) is 0.222. The maximum Gasteiger partial charge on any atom is 0.317 e. The summed E-state index contributed by atoms with van der Waals surface area (Å²) in [6.45, 7) is 1.86. The minimum atomic E-state index is -0.840. The molecule has 2 heterocycles. The normalized spacial score (nSPS) is 21.4. The van der Waals surface area contributed by atoms with Gasteiger partial charge in [0.25, 0.3) is 0 Å². The van der Waals surface area contributed by atoms with E-state index in [9.17, 15) is 14.0 Å². The van der Waals surface area contributed by atoms with Crippen LogP contribution in [-0.4, -0.2) is 48.1 Å². The highest BCUT2D eigenvalue weighted by Crippen LogP contribution is 2.43. The molecular weight excluding hydrogens is 275 g/mol. The second-order valence-corrected chi connectivity index (χ2v) is 5.82. The standard InChI is InChI=1S/C15H17FN2O3/c16-11-2-1-3-12(8-11)18-10-15(14(18)21)4-6-17(7-5-15)9-13(19)20/h1-3,8H,4-7,9-10H2,(H,19,20). The third-order valence-corrected chi connectivity index (χ3v) is 4.45. The smallest absolute Gasteiger partial charge is 0.317 e. The molecule has 21 heavy (non-hydrogen) atoms. The molecule has 1 spiro atoms. The van der Waals surface area contributed by atoms with Crippen LogP contribution in [0.2, 0.25) is 0 Å². The Hall–Kier alpha value is -1.95. The van der Waals surface area contributed by atoms with Crippen molar-refractivity contribution < 1.29 is 19.1 Å². The first kappa shape index (κ1) is 14.0. The molecule has 3 rings (SSSR count). The van der Waals surface area contributed by atoms with Crippen molar-refractivity contribution in [3.8, 4) is 0 Å². The van der Waals surface area contributed by atoms with Crippen molar-refractivity contribution in [3.63, 3.8) is 0 Å². The Morgan fingerprint density at radius 1 is 1.33 bits per heavy atom. The van der Waals surface area contributed by atoms with Gasteiger partial charge in [-0.25, -0.2) is 4.39 Å². The van der Waals surface area contributed by atoms with Gasteiger partial charge in [0.15, 0.2) is 0 Å². The first-order valence-corrected chi connectivity index (χ1v) is 7.02. The van der Waals surface area contributed by atoms with Crippen LogP contribution in [0.3, 0.4) is 0 Å². The topological polar surface area (TPSA) is 60.9 Å². The second-order valence-electron chi connectivity index (χ2n) is 5.82. The fraction of sp³-hybridized carbons (Fsp3) is 0.467. The van der Waals surface area contributed by atoms with Gasteiger partial charge in [0.05, 0.1) is 12.0 Å². The number of carboxylic acids is 1. The Morgan fingerprint density at radius 3 is 2.62 bits per heavy atom. The van der Waals surface area contributed by atoms with Gasteiger partial charge in [-0.05, 0) is 44.1 Å². The largest absolute Gasteiger partial charge is 0.480 e. The highest BCUT2D eigenvalue weighted by atomic mass is 19.1. The Bertz CT molecular complexity index is 582. The molecule has 6 heteroatoms. The van der Waals surface area contributed by atoms with Crippen molar-refractivity contribution in [2.75, 3.05) is 31.1 Å². The van der Waals surface area contributed by atoms with E-state index >= 15 is 0 Å². The zero-order valence-corrected chi connectivity index (χ0v) is 11.6. The molecule has 0 atom stereocenters. The number of anilines is 1. The minimum Gasteiger partial charge on any atom is -0.480 e. The van der Waals surface area contributed by atoms with E-state index in [0.717, 1.165) is 0 Å². The van der Waals surface area contributed by atoms with Gasteiger partial charge in [-0.3, -0.25) is 14.5 Å². The maximum absolute atomic E-state index is 13.2. The molecular formula is C15H17FN2O3. The van der Waals surface area contributed by atoms with Crippen LogP contribution in [0.4, 0.5) is 10.1 Å². The van der Waals surface area contributed by atoms with Crippen LogP contribution in [0, 0.1) is 11.2 Å². The Kier molecular flexibility index (Phi) is 3.41. The van der Waals surface area contributed by atoms with Crippen LogP contribution in [0.1, 0.15) is 12.8 Å². The number of likely N-dealkylation sites (tertiary alicyclic amines) is 1. The van der Waals surface area contributed by atoms with Crippen molar-refractivity contribution in [1.29, 1.82) is 0 Å². The number of benzene rings is 1. The number of β-lactam (4-membered cyclic amide) rings is 1. The SMILES string of the molecule is O=C(O)CN1CCC2(CC1)CN(c1cccc(F)c1)C2=O. The summed E-state index contributed by atoms with van der Waals surface area (Å²) < 4.78 is 13.2. The summed E-state index contributed by atoms with van der Waals surface area (Å²) in [7, 11) is 0. The van der Waals surface area contributed by atoms with Crippen LogP contribution >= 0.6 is 0 Å². The molecule has 5 nitrogen and oxygen atoms in total. The molecule has 0 radical (unpaired) electrons. The van der Waals surface area contributed by atoms with Crippen molar-refractivity contribution in [1.82, 2.24) is 4.90 Å². The van der Waals surface area contributed by atoms with Crippen molar-refractivity contribution >= 4 is 17.6 Å². The van der Waals surface area contributed by atoms with Gasteiger partial charge >= 0.3 is 5.97 Å². The highest BCUT2D eigenvalue weighted by Gasteiger charge is 2.53. The Balaban J connectivity index is 1.63. The number of carbonyl (C=O) groups excluding carboxylic acids is 1. The first-order chi connectivity index (χ1) is 10.00. The summed E-state index contributed by atoms with van der Waals surface area (Å²) in [5, 5.41) is 8.78. The quantitative estimate of drug-likeness (QED) is 0.854. The van der Waals surface area contributed by atoms with E-state index < -0.39 is 5.97 Å². The van der Waals surface area contributed by atoms with Gasteiger partial charge in [0.1, 0.15) is 5.82 Å². The number of hydrogen-bond acceptors (Lipinski definition) is 3. The van der Waals surface area contributed by atoms with Crippen LogP contribution in [-0.2, 0) is 9.59 Å². The molecule has 0 aromatic heterocycles. The van der Waals surface area contributed by atoms with Gasteiger partial charge < -0.3 is 10.0 Å². The summed E-state index contributed by atoms with van der Waals surface area (Å²) in [6.07, 6.45) is 1.34. The first-order valence-electron chi connectivity index (χ1n) is 7.02. The number of rotatable bonds is 3. The summed E-state index contributed by atoms with van der Waals surface area (Å²) >= 11 is 0. The van der Waals surface area contributed by atoms with Gasteiger partial charge in [-0.1, -0.05) is 6.07 Å². The molecule has 0 aliphatic carbocycles. The van der Waals surface area contributed by atoms with E-state index in [4.69, 9.17) is 5.11 Å². The zero-order chi connectivity index (χ0) is 15.0. The summed E-state index contributed by atoms with van der Waals surface area (Å²) in [6, 6.07) is 6.05. The molecule has 112 valence electrons. The van der Waals surface area contributed by atoms with Crippen molar-refractivity contribution in [3.05, 3.63) is 30.1 Å². The molecule has 0 unspecified atom stereocenters. The fourth-order valence-electron chi connectivity index (χ4n) is 3.19. The number of amides is 1. The zero-order valence-electron chi connectivity index (χ0n) is 11.6. The van der Waals surface area contributed by atoms with Gasteiger partial charge in [0, 0.05) is 12.2 Å². The number of carboxylic acid groups (broad SMARTS) is 1. The molecule has 1 amide bonds. The average molecular weight is 292 g/mol. The number of nitrogens with zero attached hydrogens (tertiary/aromatic N) is 2. The molecule has 2 aliphatic heterocycles. The van der Waals surface area contributed by atoms with E-state index in [2.05, 4.69) is 0 Å². The van der Waals surface area contributed by atoms with Crippen molar-refractivity contribution in [2.45, 2.75) is 12.8 Å². The monoisotopic (exact) mass is 292 g/mol. The molecule has 1 aromatic rings. The lowest BCUT2D eigenvalue weighted by Gasteiger charge is -2.52. The highest BCUT2D eigenvalue weighted by molar-refractivity contribution is 6.04. The lowest BCUT2D eigenvalue weighted by molar-refractivity contribution is -0.141. The second kappa shape index (κ2) is 5.11. The number of halogens is 1. The van der Waals surface area contributed by atoms with E-state index in [-0.39, 0.29) is 23.7 Å². The molecule has 1 aromatic carbocycles. The average Bonchev–Trinajstić information content (AvgIpc) is 2.45. The molecule has 0 bridgehead atoms. The van der Waals surface area contributed by atoms with E-state index in [1.807, 2.05) is 4.90 Å². The van der Waals surface area contributed by atoms with E-state index in [1.54, 1.807) is 17.0 Å². The van der Waals surface area contributed by atoms with E-state index in [1.165, 1.54) is 12.1 Å². The van der Waals surface area contributed by atoms with Crippen molar-refractivity contribution in [2.24, 2.45) is 5.41 Å². The van der Waals surface area contributed by atoms with Crippen LogP contribution < -0.4 is 4.90 Å². The predicted molar refractivity (Wildman–Crippen MR) is 74.5 cm³/mol. The number of hydrogen-bond donors (Lipinski definition) is 1. The van der Waals surface area contributed by atoms with Crippen LogP contribution in [0.5, 0.6) is 0 Å². The van der Waals surface area contributed by atoms with Crippen LogP contribution in [0.15, 0.2) is 24.3 Å². The lowest BCUT2D eigenvalue weighted by Crippen LogP contribution is -2.65. The molecule has 2 saturated heterocycles. The number of aliphatic carboxylic acids is 1. The Morgan fingerprint density at radius 2 is 2.05 bits per heavy atom. The van der Waals surface area contributed by atoms with Gasteiger partial charge in [-0.2, -0.15) is 0 Å². The van der Waals surface area contributed by atoms with Crippen LogP contribution in [0.25, 0.3) is 0 Å². The maximum atomic E-state index is 13.2. The predicted octanol–water partition coefficient (Wildman–Crippen LogP) is 1.34.